The third-order valence-electron chi connectivity index (χ3n) is 17.4. The zero-order valence-electron chi connectivity index (χ0n) is 53.1. The van der Waals surface area contributed by atoms with E-state index in [0.717, 1.165) is 137 Å². The molecule has 10 N–H and O–H groups in total. The third-order valence-corrected chi connectivity index (χ3v) is 17.4. The lowest BCUT2D eigenvalue weighted by Crippen LogP contribution is -2.56. The van der Waals surface area contributed by atoms with Gasteiger partial charge in [-0.1, -0.05) is 108 Å². The van der Waals surface area contributed by atoms with Crippen molar-refractivity contribution in [3.63, 3.8) is 0 Å². The van der Waals surface area contributed by atoms with E-state index in [9.17, 15) is 30.6 Å². The summed E-state index contributed by atoms with van der Waals surface area (Å²) in [6.07, 6.45) is 7.87. The van der Waals surface area contributed by atoms with Crippen LogP contribution in [0.15, 0.2) is 141 Å². The van der Waals surface area contributed by atoms with Gasteiger partial charge >= 0.3 is 0 Å². The average Bonchev–Trinajstić information content (AvgIpc) is 1.66. The number of nitrogens with zero attached hydrogens (tertiary/aromatic N) is 9. The van der Waals surface area contributed by atoms with E-state index in [0.29, 0.717) is 54.8 Å². The molecule has 3 aliphatic rings. The highest BCUT2D eigenvalue weighted by Crippen LogP contribution is 2.39. The summed E-state index contributed by atoms with van der Waals surface area (Å²) < 4.78 is 22.3. The SMILES string of the molecule is CCCc1ccc(-c2nc(-c3cccc4c3CCCN4CC(N)(CO)CO)no2)cc1.CCOc1cc(-c2nc(-c3cccc4c3CCN4C(CO)CO)no2)ccc1C.Cc1ccc(-c2nc(-c3ccc(C4=CCN(CC(N)(CO)CO)CC4)cc3)no2)cc1C. The molecule has 3 aliphatic heterocycles. The minimum Gasteiger partial charge on any atom is -0.494 e. The van der Waals surface area contributed by atoms with Gasteiger partial charge in [-0.2, -0.15) is 15.0 Å². The number of ether oxygens (including phenoxy) is 1. The molecule has 0 atom stereocenters. The largest absolute Gasteiger partial charge is 0.494 e. The molecule has 0 aliphatic carbocycles. The van der Waals surface area contributed by atoms with Gasteiger partial charge in [-0.25, -0.2) is 0 Å². The molecule has 92 heavy (non-hydrogen) atoms. The van der Waals surface area contributed by atoms with Gasteiger partial charge in [-0.3, -0.25) is 4.90 Å². The maximum atomic E-state index is 9.61. The molecule has 21 nitrogen and oxygen atoms in total. The van der Waals surface area contributed by atoms with Gasteiger partial charge in [0.15, 0.2) is 0 Å². The molecule has 0 saturated carbocycles. The molecule has 0 amide bonds. The Morgan fingerprint density at radius 2 is 1.09 bits per heavy atom. The Labute approximate surface area is 536 Å². The van der Waals surface area contributed by atoms with Crippen LogP contribution in [0.3, 0.4) is 0 Å². The Morgan fingerprint density at radius 3 is 1.67 bits per heavy atom. The lowest BCUT2D eigenvalue weighted by Gasteiger charge is -2.38. The Kier molecular flexibility index (Phi) is 21.9. The number of benzene rings is 6. The molecule has 0 fully saturated rings. The van der Waals surface area contributed by atoms with Crippen LogP contribution in [-0.2, 0) is 19.3 Å². The smallest absolute Gasteiger partial charge is 0.258 e. The van der Waals surface area contributed by atoms with Crippen molar-refractivity contribution in [2.75, 3.05) is 95.3 Å². The van der Waals surface area contributed by atoms with Crippen LogP contribution < -0.4 is 26.0 Å². The fourth-order valence-corrected chi connectivity index (χ4v) is 11.8. The van der Waals surface area contributed by atoms with Crippen molar-refractivity contribution in [2.45, 2.75) is 90.3 Å². The number of hydrogen-bond acceptors (Lipinski definition) is 21. The Hall–Kier alpha value is -8.48. The summed E-state index contributed by atoms with van der Waals surface area (Å²) in [6.45, 7) is 13.6. The molecule has 21 heteroatoms. The zero-order chi connectivity index (χ0) is 64.9. The lowest BCUT2D eigenvalue weighted by atomic mass is 9.93. The normalized spacial score (nSPS) is 14.1. The first kappa shape index (κ1) is 66.4. The van der Waals surface area contributed by atoms with E-state index in [2.05, 4.69) is 103 Å². The number of aryl methyl sites for hydroxylation is 4. The van der Waals surface area contributed by atoms with Crippen molar-refractivity contribution in [3.05, 3.63) is 166 Å². The summed E-state index contributed by atoms with van der Waals surface area (Å²) in [5.41, 5.74) is 27.0. The first-order valence-corrected chi connectivity index (χ1v) is 31.6. The number of rotatable bonds is 22. The second-order valence-electron chi connectivity index (χ2n) is 24.2. The summed E-state index contributed by atoms with van der Waals surface area (Å²) in [5.74, 6) is 3.93. The van der Waals surface area contributed by atoms with E-state index in [1.54, 1.807) is 0 Å². The molecule has 12 rings (SSSR count). The zero-order valence-corrected chi connectivity index (χ0v) is 53.1. The number of nitrogens with two attached hydrogens (primary N) is 2. The van der Waals surface area contributed by atoms with Gasteiger partial charge in [0.1, 0.15) is 5.75 Å². The van der Waals surface area contributed by atoms with Crippen molar-refractivity contribution in [1.29, 1.82) is 0 Å². The number of aromatic nitrogens is 6. The molecule has 0 bridgehead atoms. The van der Waals surface area contributed by atoms with E-state index in [1.165, 1.54) is 22.3 Å². The number of aliphatic hydroxyl groups excluding tert-OH is 6. The molecule has 6 heterocycles. The van der Waals surface area contributed by atoms with E-state index in [1.807, 2.05) is 104 Å². The first-order valence-electron chi connectivity index (χ1n) is 31.6. The Morgan fingerprint density at radius 1 is 0.543 bits per heavy atom. The fourth-order valence-electron chi connectivity index (χ4n) is 11.8. The average molecular weight is 1250 g/mol. The summed E-state index contributed by atoms with van der Waals surface area (Å²) in [4.78, 5) is 20.2. The monoisotopic (exact) mass is 1250 g/mol. The van der Waals surface area contributed by atoms with Gasteiger partial charge in [0, 0.05) is 84.0 Å². The summed E-state index contributed by atoms with van der Waals surface area (Å²) in [6, 6.07) is 40.0. The van der Waals surface area contributed by atoms with Gasteiger partial charge in [-0.15, -0.1) is 0 Å². The van der Waals surface area contributed by atoms with E-state index < -0.39 is 11.1 Å². The predicted octanol–water partition coefficient (Wildman–Crippen LogP) is 8.41. The molecule has 3 aromatic heterocycles. The maximum Gasteiger partial charge on any atom is 0.258 e. The van der Waals surface area contributed by atoms with Crippen LogP contribution in [-0.4, -0.2) is 169 Å². The van der Waals surface area contributed by atoms with Gasteiger partial charge in [0.25, 0.3) is 17.7 Å². The Balaban J connectivity index is 0.000000151. The second-order valence-corrected chi connectivity index (χ2v) is 24.2. The molecular formula is C71H85N11O10. The summed E-state index contributed by atoms with van der Waals surface area (Å²) >= 11 is 0. The molecule has 9 aromatic rings. The molecule has 484 valence electrons. The molecule has 6 aromatic carbocycles. The Bertz CT molecular complexity index is 3910. The molecule has 0 saturated heterocycles. The van der Waals surface area contributed by atoms with Crippen LogP contribution in [0, 0.1) is 20.8 Å². The second kappa shape index (κ2) is 30.3. The van der Waals surface area contributed by atoms with Crippen LogP contribution in [0.1, 0.15) is 72.1 Å². The fraction of sp³-hybridized carbons (Fsp3) is 0.380. The molecule has 0 unspecified atom stereocenters. The molecular weight excluding hydrogens is 1170 g/mol. The highest BCUT2D eigenvalue weighted by atomic mass is 16.5. The van der Waals surface area contributed by atoms with Crippen molar-refractivity contribution in [2.24, 2.45) is 11.5 Å². The van der Waals surface area contributed by atoms with Crippen LogP contribution in [0.25, 0.3) is 74.1 Å². The summed E-state index contributed by atoms with van der Waals surface area (Å²) in [5, 5.41) is 69.8. The number of fused-ring (bicyclic) bond motifs is 2. The van der Waals surface area contributed by atoms with Crippen molar-refractivity contribution >= 4 is 16.9 Å². The minimum absolute atomic E-state index is 0.0951. The standard InChI is InChI=1S/C25H30N4O3.C24H30N4O3.C22H25N3O4/c1-17-3-4-22(13-18(17)2)24-27-23(28-32-24)21-7-5-19(6-8-21)20-9-11-29(12-10-20)14-25(26,15-30)16-31;1-2-5-17-9-11-18(12-10-17)23-26-22(27-31-23)20-6-3-8-21-19(20)7-4-13-28(21)14-24(25,15-29)16-30;1-3-28-20-11-15(8-7-14(20)2)22-23-21(24-29-22)18-5-4-6-19-17(18)9-10-25(19)16(12-26)13-27/h3-9,13,30-31H,10-12,14-16,26H2,1-2H3;3,6,8-12,29-30H,2,4-5,7,13-16,25H2,1H3;4-8,11,16,26-27H,3,9-10,12-13H2,1-2H3. The van der Waals surface area contributed by atoms with Crippen molar-refractivity contribution in [3.8, 4) is 74.3 Å². The predicted molar refractivity (Wildman–Crippen MR) is 356 cm³/mol. The van der Waals surface area contributed by atoms with E-state index in [-0.39, 0.29) is 45.7 Å². The van der Waals surface area contributed by atoms with Gasteiger partial charge < -0.3 is 70.2 Å². The number of anilines is 2. The lowest BCUT2D eigenvalue weighted by molar-refractivity contribution is 0.0868. The van der Waals surface area contributed by atoms with Gasteiger partial charge in [-0.05, 0) is 153 Å². The van der Waals surface area contributed by atoms with Gasteiger partial charge in [0.2, 0.25) is 17.5 Å². The third kappa shape index (κ3) is 15.4. The van der Waals surface area contributed by atoms with Crippen LogP contribution in [0.5, 0.6) is 5.75 Å². The number of hydrogen-bond donors (Lipinski definition) is 8. The van der Waals surface area contributed by atoms with E-state index >= 15 is 0 Å². The summed E-state index contributed by atoms with van der Waals surface area (Å²) in [7, 11) is 0. The van der Waals surface area contributed by atoms with Crippen LogP contribution >= 0.6 is 0 Å². The van der Waals surface area contributed by atoms with Crippen molar-refractivity contribution in [1.82, 2.24) is 35.3 Å². The van der Waals surface area contributed by atoms with E-state index in [4.69, 9.17) is 29.8 Å². The number of aliphatic hydroxyl groups is 6. The van der Waals surface area contributed by atoms with Crippen molar-refractivity contribution < 1.29 is 48.9 Å². The maximum absolute atomic E-state index is 9.61. The highest BCUT2D eigenvalue weighted by Gasteiger charge is 2.32. The molecule has 0 spiro atoms. The highest BCUT2D eigenvalue weighted by molar-refractivity contribution is 5.75. The molecule has 0 radical (unpaired) electrons. The van der Waals surface area contributed by atoms with Gasteiger partial charge in [0.05, 0.1) is 63.4 Å². The topological polar surface area (TPSA) is 309 Å². The quantitative estimate of drug-likeness (QED) is 0.0316. The van der Waals surface area contributed by atoms with Crippen LogP contribution in [0.4, 0.5) is 11.4 Å². The van der Waals surface area contributed by atoms with Crippen LogP contribution in [0.2, 0.25) is 0 Å². The minimum atomic E-state index is -1.05. The first-order chi connectivity index (χ1) is 44.6.